The van der Waals surface area contributed by atoms with Crippen LogP contribution >= 0.6 is 0 Å². The monoisotopic (exact) mass is 437 g/mol. The number of hydrogen-bond acceptors (Lipinski definition) is 7. The normalized spacial score (nSPS) is 12.0. The van der Waals surface area contributed by atoms with Crippen LogP contribution in [0.2, 0.25) is 0 Å². The number of anilines is 2. The summed E-state index contributed by atoms with van der Waals surface area (Å²) in [7, 11) is 1.58. The summed E-state index contributed by atoms with van der Waals surface area (Å²) in [6.45, 7) is 3.67. The van der Waals surface area contributed by atoms with E-state index in [0.717, 1.165) is 5.56 Å². The standard InChI is InChI=1S/C23H24FN5O3/c1-13-4-6-19(31-3)17(10-13)29-23-21(22(28-29)27-14(2)12-30)20(8-9-26-23)32-18-7-5-15(25)11-16(18)24/h4-11,14,30H,12,25H2,1-3H3,(H,27,28). The van der Waals surface area contributed by atoms with E-state index in [9.17, 15) is 9.50 Å². The van der Waals surface area contributed by atoms with Crippen molar-refractivity contribution in [2.75, 3.05) is 24.8 Å². The van der Waals surface area contributed by atoms with Gasteiger partial charge in [-0.15, -0.1) is 5.10 Å². The van der Waals surface area contributed by atoms with Crippen molar-refractivity contribution >= 4 is 22.5 Å². The molecule has 0 amide bonds. The van der Waals surface area contributed by atoms with Gasteiger partial charge >= 0.3 is 0 Å². The molecule has 4 aromatic rings. The number of aliphatic hydroxyl groups is 1. The van der Waals surface area contributed by atoms with E-state index in [1.807, 2.05) is 32.0 Å². The molecule has 32 heavy (non-hydrogen) atoms. The topological polar surface area (TPSA) is 107 Å². The first-order chi connectivity index (χ1) is 15.4. The van der Waals surface area contributed by atoms with Crippen LogP contribution in [-0.4, -0.2) is 39.6 Å². The molecule has 0 saturated carbocycles. The van der Waals surface area contributed by atoms with Crippen molar-refractivity contribution in [2.24, 2.45) is 0 Å². The molecule has 2 aromatic carbocycles. The number of aliphatic hydroxyl groups excluding tert-OH is 1. The first kappa shape index (κ1) is 21.4. The molecule has 0 aliphatic rings. The second-order valence-corrected chi connectivity index (χ2v) is 7.46. The van der Waals surface area contributed by atoms with Gasteiger partial charge in [0.25, 0.3) is 0 Å². The molecule has 9 heteroatoms. The Morgan fingerprint density at radius 3 is 2.66 bits per heavy atom. The maximum atomic E-state index is 14.4. The Kier molecular flexibility index (Phi) is 5.83. The third kappa shape index (κ3) is 4.02. The van der Waals surface area contributed by atoms with Gasteiger partial charge < -0.3 is 25.6 Å². The first-order valence-electron chi connectivity index (χ1n) is 10.0. The van der Waals surface area contributed by atoms with Gasteiger partial charge in [0.1, 0.15) is 22.6 Å². The summed E-state index contributed by atoms with van der Waals surface area (Å²) in [4.78, 5) is 4.50. The number of rotatable bonds is 7. The number of hydrogen-bond donors (Lipinski definition) is 3. The zero-order valence-corrected chi connectivity index (χ0v) is 18.0. The minimum Gasteiger partial charge on any atom is -0.494 e. The van der Waals surface area contributed by atoms with Crippen molar-refractivity contribution in [3.8, 4) is 22.9 Å². The van der Waals surface area contributed by atoms with Gasteiger partial charge in [-0.3, -0.25) is 0 Å². The molecule has 8 nitrogen and oxygen atoms in total. The fourth-order valence-electron chi connectivity index (χ4n) is 3.33. The molecule has 0 bridgehead atoms. The van der Waals surface area contributed by atoms with E-state index >= 15 is 0 Å². The van der Waals surface area contributed by atoms with Crippen LogP contribution < -0.4 is 20.5 Å². The summed E-state index contributed by atoms with van der Waals surface area (Å²) in [6, 6.07) is 11.3. The van der Waals surface area contributed by atoms with Gasteiger partial charge in [-0.2, -0.15) is 0 Å². The Labute approximate surface area is 184 Å². The smallest absolute Gasteiger partial charge is 0.169 e. The average molecular weight is 437 g/mol. The SMILES string of the molecule is COc1ccc(C)cc1-n1nc(NC(C)CO)c2c(Oc3ccc(N)cc3F)ccnc21. The van der Waals surface area contributed by atoms with E-state index in [-0.39, 0.29) is 18.4 Å². The van der Waals surface area contributed by atoms with Gasteiger partial charge in [-0.1, -0.05) is 6.07 Å². The third-order valence-electron chi connectivity index (χ3n) is 4.93. The van der Waals surface area contributed by atoms with Gasteiger partial charge in [0.05, 0.1) is 13.7 Å². The second-order valence-electron chi connectivity index (χ2n) is 7.46. The lowest BCUT2D eigenvalue weighted by molar-refractivity contribution is 0.281. The molecule has 2 aromatic heterocycles. The fraction of sp³-hybridized carbons (Fsp3) is 0.217. The van der Waals surface area contributed by atoms with Crippen molar-refractivity contribution in [2.45, 2.75) is 19.9 Å². The molecule has 0 aliphatic heterocycles. The largest absolute Gasteiger partial charge is 0.494 e. The molecule has 0 aliphatic carbocycles. The van der Waals surface area contributed by atoms with E-state index in [0.29, 0.717) is 39.7 Å². The highest BCUT2D eigenvalue weighted by molar-refractivity contribution is 5.94. The Balaban J connectivity index is 1.92. The highest BCUT2D eigenvalue weighted by Crippen LogP contribution is 2.37. The van der Waals surface area contributed by atoms with Gasteiger partial charge in [0.15, 0.2) is 23.0 Å². The summed E-state index contributed by atoms with van der Waals surface area (Å²) in [6.07, 6.45) is 1.56. The summed E-state index contributed by atoms with van der Waals surface area (Å²) in [5, 5.41) is 18.0. The predicted molar refractivity (Wildman–Crippen MR) is 121 cm³/mol. The maximum absolute atomic E-state index is 14.4. The van der Waals surface area contributed by atoms with Crippen LogP contribution in [0.1, 0.15) is 12.5 Å². The zero-order valence-electron chi connectivity index (χ0n) is 18.0. The lowest BCUT2D eigenvalue weighted by Crippen LogP contribution is -2.19. The summed E-state index contributed by atoms with van der Waals surface area (Å²) < 4.78 is 27.5. The highest BCUT2D eigenvalue weighted by Gasteiger charge is 2.21. The van der Waals surface area contributed by atoms with Crippen molar-refractivity contribution in [1.82, 2.24) is 14.8 Å². The number of nitrogen functional groups attached to an aromatic ring is 1. The number of fused-ring (bicyclic) bond motifs is 1. The van der Waals surface area contributed by atoms with Crippen LogP contribution in [0.15, 0.2) is 48.7 Å². The number of pyridine rings is 1. The van der Waals surface area contributed by atoms with Crippen molar-refractivity contribution in [3.63, 3.8) is 0 Å². The fourth-order valence-corrected chi connectivity index (χ4v) is 3.33. The van der Waals surface area contributed by atoms with Crippen LogP contribution in [0.25, 0.3) is 16.7 Å². The van der Waals surface area contributed by atoms with Crippen LogP contribution in [0.3, 0.4) is 0 Å². The zero-order chi connectivity index (χ0) is 22.8. The Morgan fingerprint density at radius 2 is 1.94 bits per heavy atom. The Hall–Kier alpha value is -3.85. The number of ether oxygens (including phenoxy) is 2. The number of aromatic nitrogens is 3. The van der Waals surface area contributed by atoms with Crippen LogP contribution in [0.4, 0.5) is 15.9 Å². The van der Waals surface area contributed by atoms with Crippen LogP contribution in [0.5, 0.6) is 17.2 Å². The first-order valence-corrected chi connectivity index (χ1v) is 10.0. The summed E-state index contributed by atoms with van der Waals surface area (Å²) >= 11 is 0. The molecule has 4 N–H and O–H groups in total. The minimum atomic E-state index is -0.582. The van der Waals surface area contributed by atoms with Gasteiger partial charge in [0, 0.05) is 30.1 Å². The average Bonchev–Trinajstić information content (AvgIpc) is 3.14. The maximum Gasteiger partial charge on any atom is 0.169 e. The van der Waals surface area contributed by atoms with E-state index in [4.69, 9.17) is 20.3 Å². The lowest BCUT2D eigenvalue weighted by Gasteiger charge is -2.12. The number of benzene rings is 2. The predicted octanol–water partition coefficient (Wildman–Crippen LogP) is 4.04. The molecule has 0 radical (unpaired) electrons. The number of aryl methyl sites for hydroxylation is 1. The number of nitrogens with one attached hydrogen (secondary N) is 1. The molecular formula is C23H24FN5O3. The van der Waals surface area contributed by atoms with Gasteiger partial charge in [0.2, 0.25) is 0 Å². The van der Waals surface area contributed by atoms with Crippen LogP contribution in [-0.2, 0) is 0 Å². The summed E-state index contributed by atoms with van der Waals surface area (Å²) in [5.41, 5.74) is 8.13. The number of nitrogens with zero attached hydrogens (tertiary/aromatic N) is 3. The van der Waals surface area contributed by atoms with E-state index in [1.54, 1.807) is 30.1 Å². The Bertz CT molecular complexity index is 1270. The molecule has 4 rings (SSSR count). The van der Waals surface area contributed by atoms with Crippen molar-refractivity contribution in [1.29, 1.82) is 0 Å². The van der Waals surface area contributed by atoms with Gasteiger partial charge in [-0.25, -0.2) is 14.1 Å². The lowest BCUT2D eigenvalue weighted by atomic mass is 10.2. The number of nitrogens with two attached hydrogens (primary N) is 1. The second kappa shape index (κ2) is 8.72. The molecule has 0 saturated heterocycles. The van der Waals surface area contributed by atoms with Gasteiger partial charge in [-0.05, 0) is 43.7 Å². The molecule has 1 unspecified atom stereocenters. The molecule has 0 spiro atoms. The van der Waals surface area contributed by atoms with E-state index in [1.165, 1.54) is 12.1 Å². The molecular weight excluding hydrogens is 413 g/mol. The minimum absolute atomic E-state index is 0.0220. The summed E-state index contributed by atoms with van der Waals surface area (Å²) in [5.74, 6) is 0.836. The number of methoxy groups -OCH3 is 1. The molecule has 166 valence electrons. The van der Waals surface area contributed by atoms with Crippen LogP contribution in [0, 0.1) is 12.7 Å². The van der Waals surface area contributed by atoms with E-state index < -0.39 is 5.82 Å². The van der Waals surface area contributed by atoms with E-state index in [2.05, 4.69) is 10.3 Å². The Morgan fingerprint density at radius 1 is 1.16 bits per heavy atom. The molecule has 1 atom stereocenters. The number of halogens is 1. The highest BCUT2D eigenvalue weighted by atomic mass is 19.1. The van der Waals surface area contributed by atoms with Crippen molar-refractivity contribution in [3.05, 3.63) is 60.0 Å². The molecule has 2 heterocycles. The van der Waals surface area contributed by atoms with Crippen molar-refractivity contribution < 1.29 is 19.0 Å². The quantitative estimate of drug-likeness (QED) is 0.375. The third-order valence-corrected chi connectivity index (χ3v) is 4.93. The molecule has 0 fully saturated rings.